The maximum absolute atomic E-state index is 12.7. The third kappa shape index (κ3) is 3.62. The van der Waals surface area contributed by atoms with Gasteiger partial charge in [-0.15, -0.1) is 0 Å². The molecule has 1 aromatic carbocycles. The van der Waals surface area contributed by atoms with Gasteiger partial charge in [-0.3, -0.25) is 14.8 Å². The van der Waals surface area contributed by atoms with Gasteiger partial charge in [0, 0.05) is 42.0 Å². The predicted molar refractivity (Wildman–Crippen MR) is 112 cm³/mol. The number of rotatable bonds is 6. The molecule has 0 spiro atoms. The predicted octanol–water partition coefficient (Wildman–Crippen LogP) is 2.90. The summed E-state index contributed by atoms with van der Waals surface area (Å²) >= 11 is 0. The number of nitrogens with one attached hydrogen (secondary N) is 1. The van der Waals surface area contributed by atoms with Gasteiger partial charge in [0.1, 0.15) is 0 Å². The number of methoxy groups -OCH3 is 2. The summed E-state index contributed by atoms with van der Waals surface area (Å²) in [5.74, 6) is 1.86. The number of aromatic amines is 1. The highest BCUT2D eigenvalue weighted by Crippen LogP contribution is 2.31. The third-order valence-corrected chi connectivity index (χ3v) is 5.85. The molecule has 3 heterocycles. The van der Waals surface area contributed by atoms with E-state index >= 15 is 0 Å². The quantitative estimate of drug-likeness (QED) is 0.694. The van der Waals surface area contributed by atoms with Crippen molar-refractivity contribution in [2.75, 3.05) is 27.3 Å². The Hall–Kier alpha value is -2.80. The topological polar surface area (TPSA) is 71.9 Å². The minimum atomic E-state index is 0.0152. The summed E-state index contributed by atoms with van der Waals surface area (Å²) in [6.07, 6.45) is 1.74. The average Bonchev–Trinajstić information content (AvgIpc) is 3.35. The fourth-order valence-corrected chi connectivity index (χ4v) is 4.27. The van der Waals surface area contributed by atoms with E-state index in [9.17, 15) is 4.79 Å². The number of hydrogen-bond acceptors (Lipinski definition) is 5. The first kappa shape index (κ1) is 19.5. The molecule has 0 unspecified atom stereocenters. The Balaban J connectivity index is 1.51. The Morgan fingerprint density at radius 1 is 1.21 bits per heavy atom. The van der Waals surface area contributed by atoms with Crippen molar-refractivity contribution in [2.45, 2.75) is 39.2 Å². The molecule has 0 bridgehead atoms. The van der Waals surface area contributed by atoms with Crippen molar-refractivity contribution >= 4 is 5.65 Å². The van der Waals surface area contributed by atoms with E-state index in [2.05, 4.69) is 21.0 Å². The van der Waals surface area contributed by atoms with Crippen LogP contribution in [-0.2, 0) is 13.0 Å². The maximum atomic E-state index is 12.7. The van der Waals surface area contributed by atoms with Crippen LogP contribution in [0.15, 0.2) is 29.1 Å². The SMILES string of the molecule is CCc1c(C)nc2cc([C@@H]3CCN(Cc4ccc(OC)c(OC)c4)C3)[nH]n2c1=O. The van der Waals surface area contributed by atoms with Crippen molar-refractivity contribution < 1.29 is 9.47 Å². The van der Waals surface area contributed by atoms with Crippen LogP contribution in [0.4, 0.5) is 0 Å². The van der Waals surface area contributed by atoms with Gasteiger partial charge in [0.05, 0.1) is 14.2 Å². The lowest BCUT2D eigenvalue weighted by Crippen LogP contribution is -2.22. The van der Waals surface area contributed by atoms with Crippen LogP contribution >= 0.6 is 0 Å². The second kappa shape index (κ2) is 7.91. The Bertz CT molecular complexity index is 1090. The third-order valence-electron chi connectivity index (χ3n) is 5.85. The van der Waals surface area contributed by atoms with Crippen LogP contribution in [0.1, 0.15) is 41.8 Å². The number of H-pyrrole nitrogens is 1. The molecule has 2 aromatic heterocycles. The number of ether oxygens (including phenoxy) is 2. The van der Waals surface area contributed by atoms with E-state index in [1.807, 2.05) is 32.0 Å². The van der Waals surface area contributed by atoms with Gasteiger partial charge >= 0.3 is 0 Å². The molecular formula is C22H28N4O3. The van der Waals surface area contributed by atoms with Crippen LogP contribution in [0.3, 0.4) is 0 Å². The molecular weight excluding hydrogens is 368 g/mol. The number of hydrogen-bond donors (Lipinski definition) is 1. The molecule has 154 valence electrons. The number of likely N-dealkylation sites (tertiary alicyclic amines) is 1. The number of nitrogens with zero attached hydrogens (tertiary/aromatic N) is 3. The van der Waals surface area contributed by atoms with Gasteiger partial charge in [-0.05, 0) is 44.0 Å². The van der Waals surface area contributed by atoms with Crippen molar-refractivity contribution in [1.29, 1.82) is 0 Å². The average molecular weight is 396 g/mol. The van der Waals surface area contributed by atoms with Gasteiger partial charge in [0.2, 0.25) is 0 Å². The molecule has 1 aliphatic heterocycles. The number of aromatic nitrogens is 3. The summed E-state index contributed by atoms with van der Waals surface area (Å²) in [4.78, 5) is 19.7. The van der Waals surface area contributed by atoms with Crippen LogP contribution in [0.5, 0.6) is 11.5 Å². The van der Waals surface area contributed by atoms with Gasteiger partial charge in [0.15, 0.2) is 17.1 Å². The Morgan fingerprint density at radius 2 is 2.00 bits per heavy atom. The molecule has 0 aliphatic carbocycles. The molecule has 0 amide bonds. The van der Waals surface area contributed by atoms with Crippen molar-refractivity contribution in [1.82, 2.24) is 19.5 Å². The second-order valence-electron chi connectivity index (χ2n) is 7.65. The molecule has 3 aromatic rings. The molecule has 1 atom stereocenters. The van der Waals surface area contributed by atoms with E-state index in [0.29, 0.717) is 18.0 Å². The van der Waals surface area contributed by atoms with Crippen LogP contribution < -0.4 is 15.0 Å². The Labute approximate surface area is 170 Å². The zero-order valence-electron chi connectivity index (χ0n) is 17.5. The van der Waals surface area contributed by atoms with E-state index < -0.39 is 0 Å². The number of aryl methyl sites for hydroxylation is 1. The van der Waals surface area contributed by atoms with Crippen molar-refractivity contribution in [3.63, 3.8) is 0 Å². The lowest BCUT2D eigenvalue weighted by molar-refractivity contribution is 0.323. The summed E-state index contributed by atoms with van der Waals surface area (Å²) < 4.78 is 12.3. The Morgan fingerprint density at radius 3 is 2.72 bits per heavy atom. The zero-order chi connectivity index (χ0) is 20.5. The first-order chi connectivity index (χ1) is 14.0. The van der Waals surface area contributed by atoms with Crippen LogP contribution in [0.25, 0.3) is 5.65 Å². The molecule has 0 radical (unpaired) electrons. The highest BCUT2D eigenvalue weighted by atomic mass is 16.5. The van der Waals surface area contributed by atoms with Crippen LogP contribution in [-0.4, -0.2) is 46.8 Å². The van der Waals surface area contributed by atoms with Gasteiger partial charge < -0.3 is 9.47 Å². The van der Waals surface area contributed by atoms with Crippen molar-refractivity contribution in [2.24, 2.45) is 0 Å². The number of benzene rings is 1. The monoisotopic (exact) mass is 396 g/mol. The first-order valence-electron chi connectivity index (χ1n) is 10.1. The molecule has 29 heavy (non-hydrogen) atoms. The molecule has 1 aliphatic rings. The lowest BCUT2D eigenvalue weighted by atomic mass is 10.1. The number of fused-ring (bicyclic) bond motifs is 1. The van der Waals surface area contributed by atoms with E-state index in [0.717, 1.165) is 54.5 Å². The zero-order valence-corrected chi connectivity index (χ0v) is 17.5. The summed E-state index contributed by atoms with van der Waals surface area (Å²) in [6.45, 7) is 6.71. The fourth-order valence-electron chi connectivity index (χ4n) is 4.27. The smallest absolute Gasteiger partial charge is 0.276 e. The van der Waals surface area contributed by atoms with E-state index in [-0.39, 0.29) is 5.56 Å². The molecule has 7 nitrogen and oxygen atoms in total. The summed E-state index contributed by atoms with van der Waals surface area (Å²) in [5.41, 5.74) is 4.60. The maximum Gasteiger partial charge on any atom is 0.276 e. The van der Waals surface area contributed by atoms with Gasteiger partial charge in [0.25, 0.3) is 5.56 Å². The van der Waals surface area contributed by atoms with Crippen molar-refractivity contribution in [3.05, 3.63) is 57.1 Å². The summed E-state index contributed by atoms with van der Waals surface area (Å²) in [6, 6.07) is 8.09. The normalized spacial score (nSPS) is 17.2. The second-order valence-corrected chi connectivity index (χ2v) is 7.65. The van der Waals surface area contributed by atoms with Gasteiger partial charge in [-0.25, -0.2) is 9.50 Å². The van der Waals surface area contributed by atoms with E-state index in [4.69, 9.17) is 9.47 Å². The van der Waals surface area contributed by atoms with Crippen LogP contribution in [0, 0.1) is 6.92 Å². The fraction of sp³-hybridized carbons (Fsp3) is 0.455. The highest BCUT2D eigenvalue weighted by molar-refractivity contribution is 5.44. The molecule has 1 saturated heterocycles. The Kier molecular flexibility index (Phi) is 5.32. The largest absolute Gasteiger partial charge is 0.493 e. The highest BCUT2D eigenvalue weighted by Gasteiger charge is 2.26. The standard InChI is InChI=1S/C22H28N4O3/c1-5-17-14(2)23-21-11-18(24-26(21)22(17)27)16-8-9-25(13-16)12-15-6-7-19(28-3)20(10-15)29-4/h6-7,10-11,16,24H,5,8-9,12-13H2,1-4H3/t16-/m1/s1. The molecule has 1 N–H and O–H groups in total. The van der Waals surface area contributed by atoms with Gasteiger partial charge in [-0.1, -0.05) is 13.0 Å². The molecule has 4 rings (SSSR count). The summed E-state index contributed by atoms with van der Waals surface area (Å²) in [5, 5.41) is 3.30. The first-order valence-corrected chi connectivity index (χ1v) is 10.1. The van der Waals surface area contributed by atoms with Crippen LogP contribution in [0.2, 0.25) is 0 Å². The minimum Gasteiger partial charge on any atom is -0.493 e. The molecule has 7 heteroatoms. The van der Waals surface area contributed by atoms with E-state index in [1.54, 1.807) is 18.7 Å². The minimum absolute atomic E-state index is 0.0152. The summed E-state index contributed by atoms with van der Waals surface area (Å²) in [7, 11) is 3.30. The van der Waals surface area contributed by atoms with Gasteiger partial charge in [-0.2, -0.15) is 0 Å². The lowest BCUT2D eigenvalue weighted by Gasteiger charge is -2.17. The molecule has 1 fully saturated rings. The van der Waals surface area contributed by atoms with E-state index in [1.165, 1.54) is 5.56 Å². The van der Waals surface area contributed by atoms with Crippen molar-refractivity contribution in [3.8, 4) is 11.5 Å². The molecule has 0 saturated carbocycles.